The fraction of sp³-hybridized carbons (Fsp3) is 0.533. The first-order chi connectivity index (χ1) is 9.34. The summed E-state index contributed by atoms with van der Waals surface area (Å²) in [5.74, 6) is 0.0300. The molecule has 2 atom stereocenters. The molecule has 1 aromatic rings. The summed E-state index contributed by atoms with van der Waals surface area (Å²) in [7, 11) is 0. The van der Waals surface area contributed by atoms with Gasteiger partial charge in [-0.05, 0) is 36.9 Å². The zero-order valence-electron chi connectivity index (χ0n) is 11.0. The fourth-order valence-corrected chi connectivity index (χ4v) is 2.88. The largest absolute Gasteiger partial charge is 0.368 e. The zero-order chi connectivity index (χ0) is 13.1. The Morgan fingerprint density at radius 3 is 3.16 bits per heavy atom. The van der Waals surface area contributed by atoms with E-state index >= 15 is 0 Å². The topological polar surface area (TPSA) is 50.4 Å². The molecule has 1 fully saturated rings. The van der Waals surface area contributed by atoms with Crippen LogP contribution >= 0.6 is 0 Å². The Morgan fingerprint density at radius 2 is 2.32 bits per heavy atom. The van der Waals surface area contributed by atoms with Crippen LogP contribution < -0.4 is 10.6 Å². The van der Waals surface area contributed by atoms with E-state index < -0.39 is 0 Å². The summed E-state index contributed by atoms with van der Waals surface area (Å²) in [5, 5.41) is 6.47. The van der Waals surface area contributed by atoms with Gasteiger partial charge in [0.2, 0.25) is 5.91 Å². The molecule has 0 aromatic heterocycles. The van der Waals surface area contributed by atoms with Gasteiger partial charge in [0.25, 0.3) is 0 Å². The summed E-state index contributed by atoms with van der Waals surface area (Å²) in [6, 6.07) is 8.66. The number of hydrogen-bond donors (Lipinski definition) is 2. The minimum absolute atomic E-state index is 0.0300. The minimum atomic E-state index is -0.237. The molecule has 1 aromatic carbocycles. The number of amides is 1. The van der Waals surface area contributed by atoms with Crippen molar-refractivity contribution in [2.24, 2.45) is 0 Å². The highest BCUT2D eigenvalue weighted by atomic mass is 16.5. The monoisotopic (exact) mass is 260 g/mol. The number of rotatable bonds is 3. The van der Waals surface area contributed by atoms with Crippen molar-refractivity contribution in [3.8, 4) is 0 Å². The summed E-state index contributed by atoms with van der Waals surface area (Å²) in [5.41, 5.74) is 2.69. The predicted octanol–water partition coefficient (Wildman–Crippen LogP) is 1.17. The van der Waals surface area contributed by atoms with Crippen molar-refractivity contribution in [1.82, 2.24) is 10.6 Å². The minimum Gasteiger partial charge on any atom is -0.368 e. The van der Waals surface area contributed by atoms with E-state index in [0.29, 0.717) is 13.2 Å². The molecule has 0 aliphatic carbocycles. The smallest absolute Gasteiger partial charge is 0.249 e. The normalized spacial score (nSPS) is 25.9. The van der Waals surface area contributed by atoms with E-state index in [1.54, 1.807) is 0 Å². The molecule has 0 bridgehead atoms. The molecule has 1 saturated heterocycles. The van der Waals surface area contributed by atoms with Gasteiger partial charge in [0.1, 0.15) is 6.10 Å². The number of benzene rings is 1. The Hall–Kier alpha value is -1.39. The van der Waals surface area contributed by atoms with E-state index in [1.165, 1.54) is 11.1 Å². The second-order valence-electron chi connectivity index (χ2n) is 5.20. The first-order valence-corrected chi connectivity index (χ1v) is 7.05. The summed E-state index contributed by atoms with van der Waals surface area (Å²) in [4.78, 5) is 11.9. The van der Waals surface area contributed by atoms with Gasteiger partial charge in [0, 0.05) is 19.2 Å². The Kier molecular flexibility index (Phi) is 3.80. The van der Waals surface area contributed by atoms with Crippen LogP contribution in [0.25, 0.3) is 0 Å². The highest BCUT2D eigenvalue weighted by molar-refractivity contribution is 5.81. The van der Waals surface area contributed by atoms with Crippen molar-refractivity contribution < 1.29 is 9.53 Å². The van der Waals surface area contributed by atoms with E-state index in [-0.39, 0.29) is 18.1 Å². The van der Waals surface area contributed by atoms with Crippen molar-refractivity contribution in [2.75, 3.05) is 19.7 Å². The highest BCUT2D eigenvalue weighted by Crippen LogP contribution is 2.22. The number of hydrogen-bond acceptors (Lipinski definition) is 3. The van der Waals surface area contributed by atoms with Gasteiger partial charge >= 0.3 is 0 Å². The standard InChI is InChI=1S/C15H20N2O2/c18-15(14-6-3-9-19-14)17-10-13-12-5-2-1-4-11(12)7-8-16-13/h1-2,4-5,13-14,16H,3,6-10H2,(H,17,18)/t13?,14-/m0/s1. The molecule has 2 aliphatic rings. The van der Waals surface area contributed by atoms with Crippen LogP contribution in [0, 0.1) is 0 Å². The van der Waals surface area contributed by atoms with Crippen molar-refractivity contribution in [2.45, 2.75) is 31.4 Å². The third-order valence-corrected chi connectivity index (χ3v) is 3.92. The Balaban J connectivity index is 1.60. The second kappa shape index (κ2) is 5.72. The number of carbonyl (C=O) groups excluding carboxylic acids is 1. The van der Waals surface area contributed by atoms with Crippen LogP contribution in [0.1, 0.15) is 30.0 Å². The SMILES string of the molecule is O=C(NCC1NCCc2ccccc21)[C@@H]1CCCO1. The molecule has 4 heteroatoms. The average Bonchev–Trinajstić information content (AvgIpc) is 2.99. The van der Waals surface area contributed by atoms with Crippen molar-refractivity contribution in [3.05, 3.63) is 35.4 Å². The quantitative estimate of drug-likeness (QED) is 0.857. The molecule has 19 heavy (non-hydrogen) atoms. The van der Waals surface area contributed by atoms with Crippen molar-refractivity contribution >= 4 is 5.91 Å². The first-order valence-electron chi connectivity index (χ1n) is 7.05. The van der Waals surface area contributed by atoms with Gasteiger partial charge in [0.05, 0.1) is 0 Å². The van der Waals surface area contributed by atoms with Gasteiger partial charge in [-0.1, -0.05) is 24.3 Å². The number of ether oxygens (including phenoxy) is 1. The van der Waals surface area contributed by atoms with Crippen LogP contribution in [0.3, 0.4) is 0 Å². The maximum absolute atomic E-state index is 11.9. The Labute approximate surface area is 113 Å². The van der Waals surface area contributed by atoms with Crippen molar-refractivity contribution in [1.29, 1.82) is 0 Å². The fourth-order valence-electron chi connectivity index (χ4n) is 2.88. The number of nitrogens with one attached hydrogen (secondary N) is 2. The average molecular weight is 260 g/mol. The lowest BCUT2D eigenvalue weighted by molar-refractivity contribution is -0.130. The molecule has 2 aliphatic heterocycles. The van der Waals surface area contributed by atoms with E-state index in [1.807, 2.05) is 0 Å². The third-order valence-electron chi connectivity index (χ3n) is 3.92. The third kappa shape index (κ3) is 2.80. The molecule has 2 N–H and O–H groups in total. The molecule has 0 spiro atoms. The van der Waals surface area contributed by atoms with Crippen LogP contribution in [-0.2, 0) is 16.0 Å². The number of carbonyl (C=O) groups is 1. The van der Waals surface area contributed by atoms with Gasteiger partial charge in [-0.2, -0.15) is 0 Å². The molecule has 1 unspecified atom stereocenters. The maximum Gasteiger partial charge on any atom is 0.249 e. The van der Waals surface area contributed by atoms with E-state index in [4.69, 9.17) is 4.74 Å². The molecule has 4 nitrogen and oxygen atoms in total. The summed E-state index contributed by atoms with van der Waals surface area (Å²) >= 11 is 0. The van der Waals surface area contributed by atoms with Crippen LogP contribution in [0.4, 0.5) is 0 Å². The summed E-state index contributed by atoms with van der Waals surface area (Å²) < 4.78 is 5.39. The van der Waals surface area contributed by atoms with E-state index in [9.17, 15) is 4.79 Å². The lowest BCUT2D eigenvalue weighted by Crippen LogP contribution is -2.42. The van der Waals surface area contributed by atoms with Crippen LogP contribution in [0.2, 0.25) is 0 Å². The lowest BCUT2D eigenvalue weighted by Gasteiger charge is -2.27. The maximum atomic E-state index is 11.9. The van der Waals surface area contributed by atoms with Gasteiger partial charge in [-0.25, -0.2) is 0 Å². The van der Waals surface area contributed by atoms with Gasteiger partial charge in [0.15, 0.2) is 0 Å². The zero-order valence-corrected chi connectivity index (χ0v) is 11.0. The van der Waals surface area contributed by atoms with E-state index in [2.05, 4.69) is 34.9 Å². The molecular formula is C15H20N2O2. The van der Waals surface area contributed by atoms with Crippen LogP contribution in [0.15, 0.2) is 24.3 Å². The molecule has 3 rings (SSSR count). The second-order valence-corrected chi connectivity index (χ2v) is 5.20. The summed E-state index contributed by atoms with van der Waals surface area (Å²) in [6.45, 7) is 2.32. The van der Waals surface area contributed by atoms with E-state index in [0.717, 1.165) is 25.8 Å². The van der Waals surface area contributed by atoms with Gasteiger partial charge in [-0.15, -0.1) is 0 Å². The lowest BCUT2D eigenvalue weighted by atomic mass is 9.94. The van der Waals surface area contributed by atoms with Crippen molar-refractivity contribution in [3.63, 3.8) is 0 Å². The van der Waals surface area contributed by atoms with Crippen LogP contribution in [0.5, 0.6) is 0 Å². The molecule has 0 radical (unpaired) electrons. The molecular weight excluding hydrogens is 240 g/mol. The molecule has 0 saturated carbocycles. The first kappa shape index (κ1) is 12.6. The Morgan fingerprint density at radius 1 is 1.42 bits per heavy atom. The van der Waals surface area contributed by atoms with Crippen LogP contribution in [-0.4, -0.2) is 31.7 Å². The molecule has 102 valence electrons. The predicted molar refractivity (Wildman–Crippen MR) is 72.9 cm³/mol. The highest BCUT2D eigenvalue weighted by Gasteiger charge is 2.25. The Bertz CT molecular complexity index is 455. The van der Waals surface area contributed by atoms with Gasteiger partial charge in [-0.3, -0.25) is 4.79 Å². The number of fused-ring (bicyclic) bond motifs is 1. The van der Waals surface area contributed by atoms with Gasteiger partial charge < -0.3 is 15.4 Å². The molecule has 1 amide bonds. The summed E-state index contributed by atoms with van der Waals surface area (Å²) in [6.07, 6.45) is 2.66. The molecule has 2 heterocycles.